The average molecular weight is 251 g/mol. The van der Waals surface area contributed by atoms with Crippen LogP contribution in [0.3, 0.4) is 0 Å². The van der Waals surface area contributed by atoms with Crippen LogP contribution in [0.2, 0.25) is 0 Å². The summed E-state index contributed by atoms with van der Waals surface area (Å²) in [5, 5.41) is 6.67. The molecule has 1 aromatic carbocycles. The molecule has 3 heteroatoms. The molecule has 0 unspecified atom stereocenters. The first-order valence-electron chi connectivity index (χ1n) is 6.53. The largest absolute Gasteiger partial charge is 0.275 e. The second kappa shape index (κ2) is 4.50. The molecule has 0 bridgehead atoms. The molecule has 0 atom stereocenters. The topological polar surface area (TPSA) is 30.7 Å². The molecule has 0 saturated carbocycles. The molecule has 0 aliphatic rings. The van der Waals surface area contributed by atoms with Gasteiger partial charge in [0.1, 0.15) is 0 Å². The second-order valence-corrected chi connectivity index (χ2v) is 5.20. The number of benzene rings is 1. The van der Waals surface area contributed by atoms with E-state index in [9.17, 15) is 0 Å². The summed E-state index contributed by atoms with van der Waals surface area (Å²) in [6.07, 6.45) is 5.81. The lowest BCUT2D eigenvalue weighted by atomic mass is 9.97. The lowest BCUT2D eigenvalue weighted by Crippen LogP contribution is -1.91. The van der Waals surface area contributed by atoms with Crippen LogP contribution in [0.5, 0.6) is 0 Å². The van der Waals surface area contributed by atoms with Crippen molar-refractivity contribution in [3.05, 3.63) is 48.4 Å². The fraction of sp³-hybridized carbons (Fsp3) is 0.250. The average Bonchev–Trinajstić information content (AvgIpc) is 2.84. The van der Waals surface area contributed by atoms with Gasteiger partial charge in [0.2, 0.25) is 0 Å². The SMILES string of the molecule is CC(C)c1cccc2cc(-c3cnn(C)c3)ncc12. The van der Waals surface area contributed by atoms with E-state index in [4.69, 9.17) is 0 Å². The highest BCUT2D eigenvalue weighted by Crippen LogP contribution is 2.27. The van der Waals surface area contributed by atoms with E-state index in [2.05, 4.69) is 48.2 Å². The molecule has 0 radical (unpaired) electrons. The first kappa shape index (κ1) is 11.9. The number of aromatic nitrogens is 3. The fourth-order valence-corrected chi connectivity index (χ4v) is 2.41. The number of aryl methyl sites for hydroxylation is 1. The van der Waals surface area contributed by atoms with Gasteiger partial charge in [-0.25, -0.2) is 0 Å². The first-order chi connectivity index (χ1) is 9.15. The molecular weight excluding hydrogens is 234 g/mol. The summed E-state index contributed by atoms with van der Waals surface area (Å²) in [7, 11) is 1.92. The van der Waals surface area contributed by atoms with Gasteiger partial charge in [0.15, 0.2) is 0 Å². The molecule has 0 fully saturated rings. The van der Waals surface area contributed by atoms with E-state index >= 15 is 0 Å². The lowest BCUT2D eigenvalue weighted by molar-refractivity contribution is 0.768. The van der Waals surface area contributed by atoms with Crippen LogP contribution in [0.1, 0.15) is 25.3 Å². The first-order valence-corrected chi connectivity index (χ1v) is 6.53. The fourth-order valence-electron chi connectivity index (χ4n) is 2.41. The number of rotatable bonds is 2. The Balaban J connectivity index is 2.17. The van der Waals surface area contributed by atoms with E-state index in [-0.39, 0.29) is 0 Å². The van der Waals surface area contributed by atoms with Gasteiger partial charge in [0.25, 0.3) is 0 Å². The molecule has 0 spiro atoms. The molecule has 19 heavy (non-hydrogen) atoms. The monoisotopic (exact) mass is 251 g/mol. The van der Waals surface area contributed by atoms with Crippen LogP contribution >= 0.6 is 0 Å². The van der Waals surface area contributed by atoms with E-state index in [1.807, 2.05) is 25.6 Å². The van der Waals surface area contributed by atoms with Crippen molar-refractivity contribution in [2.75, 3.05) is 0 Å². The van der Waals surface area contributed by atoms with Crippen LogP contribution in [0.4, 0.5) is 0 Å². The highest BCUT2D eigenvalue weighted by Gasteiger charge is 2.08. The zero-order valence-corrected chi connectivity index (χ0v) is 11.5. The smallest absolute Gasteiger partial charge is 0.0739 e. The van der Waals surface area contributed by atoms with Crippen molar-refractivity contribution in [2.24, 2.45) is 7.05 Å². The third-order valence-electron chi connectivity index (χ3n) is 3.42. The Morgan fingerprint density at radius 2 is 2.00 bits per heavy atom. The molecule has 3 rings (SSSR count). The molecule has 3 nitrogen and oxygen atoms in total. The minimum atomic E-state index is 0.509. The molecule has 0 aliphatic heterocycles. The maximum absolute atomic E-state index is 4.58. The van der Waals surface area contributed by atoms with Crippen molar-refractivity contribution in [1.82, 2.24) is 14.8 Å². The van der Waals surface area contributed by atoms with Gasteiger partial charge in [-0.2, -0.15) is 5.10 Å². The molecule has 0 aliphatic carbocycles. The van der Waals surface area contributed by atoms with Gasteiger partial charge in [0, 0.05) is 30.4 Å². The maximum Gasteiger partial charge on any atom is 0.0739 e. The van der Waals surface area contributed by atoms with Crippen LogP contribution in [0.25, 0.3) is 22.0 Å². The molecule has 0 amide bonds. The van der Waals surface area contributed by atoms with Crippen molar-refractivity contribution >= 4 is 10.8 Å². The van der Waals surface area contributed by atoms with Crippen LogP contribution in [0, 0.1) is 0 Å². The van der Waals surface area contributed by atoms with Gasteiger partial charge in [0.05, 0.1) is 11.9 Å². The highest BCUT2D eigenvalue weighted by atomic mass is 15.2. The van der Waals surface area contributed by atoms with Gasteiger partial charge < -0.3 is 0 Å². The number of nitrogens with zero attached hydrogens (tertiary/aromatic N) is 3. The molecule has 2 aromatic heterocycles. The van der Waals surface area contributed by atoms with Gasteiger partial charge in [-0.1, -0.05) is 32.0 Å². The number of fused-ring (bicyclic) bond motifs is 1. The van der Waals surface area contributed by atoms with Gasteiger partial charge >= 0.3 is 0 Å². The van der Waals surface area contributed by atoms with Crippen molar-refractivity contribution in [3.8, 4) is 11.3 Å². The van der Waals surface area contributed by atoms with E-state index in [1.54, 1.807) is 4.68 Å². The Bertz CT molecular complexity index is 726. The van der Waals surface area contributed by atoms with Crippen LogP contribution < -0.4 is 0 Å². The van der Waals surface area contributed by atoms with Gasteiger partial charge in [-0.3, -0.25) is 9.67 Å². The molecule has 96 valence electrons. The highest BCUT2D eigenvalue weighted by molar-refractivity contribution is 5.88. The van der Waals surface area contributed by atoms with E-state index in [0.29, 0.717) is 5.92 Å². The Hall–Kier alpha value is -2.16. The van der Waals surface area contributed by atoms with Crippen molar-refractivity contribution in [1.29, 1.82) is 0 Å². The minimum absolute atomic E-state index is 0.509. The summed E-state index contributed by atoms with van der Waals surface area (Å²) in [6, 6.07) is 8.57. The summed E-state index contributed by atoms with van der Waals surface area (Å²) < 4.78 is 1.80. The molecule has 2 heterocycles. The van der Waals surface area contributed by atoms with Crippen LogP contribution in [0.15, 0.2) is 42.9 Å². The Morgan fingerprint density at radius 3 is 2.68 bits per heavy atom. The Morgan fingerprint density at radius 1 is 1.16 bits per heavy atom. The number of hydrogen-bond donors (Lipinski definition) is 0. The maximum atomic E-state index is 4.58. The Labute approximate surface area is 112 Å². The summed E-state index contributed by atoms with van der Waals surface area (Å²) in [5.74, 6) is 0.509. The molecular formula is C16H17N3. The zero-order chi connectivity index (χ0) is 13.4. The minimum Gasteiger partial charge on any atom is -0.275 e. The third kappa shape index (κ3) is 2.12. The van der Waals surface area contributed by atoms with E-state index < -0.39 is 0 Å². The normalized spacial score (nSPS) is 11.4. The van der Waals surface area contributed by atoms with Gasteiger partial charge in [-0.05, 0) is 22.9 Å². The number of hydrogen-bond acceptors (Lipinski definition) is 2. The summed E-state index contributed by atoms with van der Waals surface area (Å²) >= 11 is 0. The predicted molar refractivity (Wildman–Crippen MR) is 78.0 cm³/mol. The molecule has 0 N–H and O–H groups in total. The van der Waals surface area contributed by atoms with Gasteiger partial charge in [-0.15, -0.1) is 0 Å². The van der Waals surface area contributed by atoms with Crippen LogP contribution in [-0.2, 0) is 7.05 Å². The zero-order valence-electron chi connectivity index (χ0n) is 11.5. The third-order valence-corrected chi connectivity index (χ3v) is 3.42. The quantitative estimate of drug-likeness (QED) is 0.694. The van der Waals surface area contributed by atoms with Crippen LogP contribution in [-0.4, -0.2) is 14.8 Å². The number of pyridine rings is 1. The second-order valence-electron chi connectivity index (χ2n) is 5.20. The Kier molecular flexibility index (Phi) is 2.82. The summed E-state index contributed by atoms with van der Waals surface area (Å²) in [5.41, 5.74) is 3.38. The summed E-state index contributed by atoms with van der Waals surface area (Å²) in [4.78, 5) is 4.58. The van der Waals surface area contributed by atoms with Crippen molar-refractivity contribution in [3.63, 3.8) is 0 Å². The predicted octanol–water partition coefficient (Wildman–Crippen LogP) is 3.76. The lowest BCUT2D eigenvalue weighted by Gasteiger charge is -2.10. The van der Waals surface area contributed by atoms with E-state index in [0.717, 1.165) is 11.3 Å². The van der Waals surface area contributed by atoms with E-state index in [1.165, 1.54) is 16.3 Å². The molecule has 0 saturated heterocycles. The van der Waals surface area contributed by atoms with Crippen molar-refractivity contribution in [2.45, 2.75) is 19.8 Å². The summed E-state index contributed by atoms with van der Waals surface area (Å²) in [6.45, 7) is 4.42. The van der Waals surface area contributed by atoms with Crippen molar-refractivity contribution < 1.29 is 0 Å². The standard InChI is InChI=1S/C16H17N3/c1-11(2)14-6-4-5-12-7-16(17-9-15(12)14)13-8-18-19(3)10-13/h4-11H,1-3H3. The molecule has 3 aromatic rings.